The molecule has 0 saturated heterocycles. The summed E-state index contributed by atoms with van der Waals surface area (Å²) in [4.78, 5) is 31.4. The highest BCUT2D eigenvalue weighted by molar-refractivity contribution is 6.01. The number of hydrogen-bond donors (Lipinski definition) is 1. The van der Waals surface area contributed by atoms with Crippen LogP contribution in [0.15, 0.2) is 75.0 Å². The average Bonchev–Trinajstić information content (AvgIpc) is 3.42. The van der Waals surface area contributed by atoms with Gasteiger partial charge in [-0.1, -0.05) is 44.2 Å². The van der Waals surface area contributed by atoms with Crippen LogP contribution < -0.4 is 5.73 Å². The first-order valence-corrected chi connectivity index (χ1v) is 14.4. The highest BCUT2D eigenvalue weighted by Gasteiger charge is 2.19. The third-order valence-corrected chi connectivity index (χ3v) is 6.68. The van der Waals surface area contributed by atoms with Crippen LogP contribution in [0.2, 0.25) is 0 Å². The van der Waals surface area contributed by atoms with E-state index in [2.05, 4.69) is 29.0 Å². The molecule has 0 aromatic heterocycles. The number of rotatable bonds is 14. The lowest BCUT2D eigenvalue weighted by Gasteiger charge is -2.22. The number of benzene rings is 1. The minimum absolute atomic E-state index is 0.00788. The van der Waals surface area contributed by atoms with E-state index in [1.165, 1.54) is 0 Å². The van der Waals surface area contributed by atoms with Gasteiger partial charge in [0.2, 0.25) is 5.91 Å². The van der Waals surface area contributed by atoms with Gasteiger partial charge in [-0.05, 0) is 49.1 Å². The van der Waals surface area contributed by atoms with E-state index in [9.17, 15) is 9.59 Å². The van der Waals surface area contributed by atoms with Crippen LogP contribution in [0.3, 0.4) is 0 Å². The molecule has 3 rings (SSSR count). The zero-order valence-corrected chi connectivity index (χ0v) is 24.8. The van der Waals surface area contributed by atoms with Gasteiger partial charge in [-0.25, -0.2) is 4.99 Å². The lowest BCUT2D eigenvalue weighted by atomic mass is 9.98. The third-order valence-electron chi connectivity index (χ3n) is 6.68. The Labute approximate surface area is 244 Å². The van der Waals surface area contributed by atoms with Crippen LogP contribution in [0.1, 0.15) is 67.9 Å². The molecule has 9 heteroatoms. The predicted octanol–water partition coefficient (Wildman–Crippen LogP) is 4.64. The maximum Gasteiger partial charge on any atom is 0.250 e. The van der Waals surface area contributed by atoms with E-state index in [1.54, 1.807) is 12.3 Å². The number of nitrogens with two attached hydrogens (primary N) is 1. The van der Waals surface area contributed by atoms with Gasteiger partial charge < -0.3 is 10.6 Å². The number of allylic oxidation sites excluding steroid dienone is 6. The van der Waals surface area contributed by atoms with Crippen molar-refractivity contribution < 1.29 is 9.59 Å². The van der Waals surface area contributed by atoms with Crippen LogP contribution in [-0.4, -0.2) is 85.1 Å². The summed E-state index contributed by atoms with van der Waals surface area (Å²) in [5.41, 5.74) is 10.6. The van der Waals surface area contributed by atoms with E-state index < -0.39 is 0 Å². The molecule has 41 heavy (non-hydrogen) atoms. The summed E-state index contributed by atoms with van der Waals surface area (Å²) in [5.74, 6) is 0.401. The lowest BCUT2D eigenvalue weighted by Crippen LogP contribution is -2.34. The average molecular weight is 558 g/mol. The Balaban J connectivity index is 1.87. The number of nitrogens with zero attached hydrogens (tertiary/aromatic N) is 6. The maximum atomic E-state index is 13.2. The second-order valence-corrected chi connectivity index (χ2v) is 10.1. The maximum absolute atomic E-state index is 13.2. The monoisotopic (exact) mass is 557 g/mol. The molecule has 0 bridgehead atoms. The zero-order chi connectivity index (χ0) is 29.6. The van der Waals surface area contributed by atoms with Gasteiger partial charge >= 0.3 is 0 Å². The number of likely N-dealkylation sites (N-methyl/N-ethyl adjacent to an activating group) is 1. The van der Waals surface area contributed by atoms with Crippen LogP contribution in [0.25, 0.3) is 5.57 Å². The van der Waals surface area contributed by atoms with Gasteiger partial charge in [0.15, 0.2) is 6.29 Å². The fourth-order valence-electron chi connectivity index (χ4n) is 4.59. The molecule has 1 aromatic carbocycles. The number of amides is 1. The number of hydrogen-bond acceptors (Lipinski definition) is 8. The van der Waals surface area contributed by atoms with Crippen LogP contribution in [0.4, 0.5) is 0 Å². The Morgan fingerprint density at radius 1 is 1.15 bits per heavy atom. The molecule has 218 valence electrons. The highest BCUT2D eigenvalue weighted by Crippen LogP contribution is 2.23. The lowest BCUT2D eigenvalue weighted by molar-refractivity contribution is -0.127. The molecule has 0 atom stereocenters. The summed E-state index contributed by atoms with van der Waals surface area (Å²) in [6.45, 7) is 9.96. The van der Waals surface area contributed by atoms with E-state index in [0.29, 0.717) is 48.7 Å². The molecule has 1 aromatic rings. The van der Waals surface area contributed by atoms with Gasteiger partial charge in [0, 0.05) is 62.4 Å². The minimum atomic E-state index is 0.00788. The van der Waals surface area contributed by atoms with Crippen LogP contribution in [-0.2, 0) is 4.79 Å². The molecule has 0 saturated carbocycles. The normalized spacial score (nSPS) is 15.7. The van der Waals surface area contributed by atoms with E-state index in [-0.39, 0.29) is 5.91 Å². The smallest absolute Gasteiger partial charge is 0.250 e. The Kier molecular flexibility index (Phi) is 12.3. The highest BCUT2D eigenvalue weighted by atomic mass is 16.2. The molecule has 9 nitrogen and oxygen atoms in total. The van der Waals surface area contributed by atoms with Crippen LogP contribution in [0, 0.1) is 0 Å². The fraction of sp³-hybridized carbons (Fsp3) is 0.406. The topological polar surface area (TPSA) is 107 Å². The van der Waals surface area contributed by atoms with Crippen molar-refractivity contribution in [3.05, 3.63) is 76.5 Å². The molecule has 0 unspecified atom stereocenters. The van der Waals surface area contributed by atoms with Crippen molar-refractivity contribution in [3.63, 3.8) is 0 Å². The van der Waals surface area contributed by atoms with Crippen molar-refractivity contribution in [2.45, 2.75) is 46.5 Å². The van der Waals surface area contributed by atoms with Crippen LogP contribution in [0.5, 0.6) is 0 Å². The van der Waals surface area contributed by atoms with Gasteiger partial charge in [0.25, 0.3) is 0 Å². The Bertz CT molecular complexity index is 1280. The largest absolute Gasteiger partial charge is 0.387 e. The fourth-order valence-corrected chi connectivity index (χ4v) is 4.59. The molecular weight excluding hydrogens is 514 g/mol. The molecule has 2 aliphatic heterocycles. The summed E-state index contributed by atoms with van der Waals surface area (Å²) in [7, 11) is 1.91. The summed E-state index contributed by atoms with van der Waals surface area (Å²) in [6.07, 6.45) is 17.1. The number of amidine groups is 1. The van der Waals surface area contributed by atoms with Gasteiger partial charge in [0.1, 0.15) is 5.84 Å². The first-order chi connectivity index (χ1) is 19.9. The Morgan fingerprint density at radius 2 is 1.93 bits per heavy atom. The summed E-state index contributed by atoms with van der Waals surface area (Å²) in [6, 6.07) is 5.65. The molecule has 2 heterocycles. The van der Waals surface area contributed by atoms with E-state index in [1.807, 2.05) is 77.6 Å². The van der Waals surface area contributed by atoms with Crippen molar-refractivity contribution in [2.24, 2.45) is 20.9 Å². The van der Waals surface area contributed by atoms with Crippen molar-refractivity contribution in [2.75, 3.05) is 39.8 Å². The number of carbonyl (C=O) groups excluding carboxylic acids is 2. The predicted molar refractivity (Wildman–Crippen MR) is 169 cm³/mol. The van der Waals surface area contributed by atoms with Crippen LogP contribution >= 0.6 is 0 Å². The van der Waals surface area contributed by atoms with Gasteiger partial charge in [0.05, 0.1) is 25.0 Å². The first kappa shape index (κ1) is 31.3. The second kappa shape index (κ2) is 16.1. The standard InChI is InChI=1S/C32H43N7O2/c1-5-9-25(21-30-13-12-27(22-31(33)36-30)32(41)38(15-6-2)16-7-3)26-10-11-28(24-40)29(20-26)23-35-37(4)18-19-39-17-8-14-34-39/h5,9-14,20-21,23-24H,6-8,15-19,22H2,1-4H3,(H2,33,36)/b9-5-,25-21+,35-23-. The van der Waals surface area contributed by atoms with Crippen molar-refractivity contribution in [1.82, 2.24) is 14.9 Å². The van der Waals surface area contributed by atoms with Crippen molar-refractivity contribution >= 4 is 36.0 Å². The van der Waals surface area contributed by atoms with Crippen molar-refractivity contribution in [1.29, 1.82) is 0 Å². The minimum Gasteiger partial charge on any atom is -0.387 e. The molecule has 0 fully saturated rings. The summed E-state index contributed by atoms with van der Waals surface area (Å²) < 4.78 is 0. The molecule has 2 aliphatic rings. The second-order valence-electron chi connectivity index (χ2n) is 10.1. The molecular formula is C32H43N7O2. The number of aliphatic imine (C=N–C) groups is 1. The third kappa shape index (κ3) is 9.41. The van der Waals surface area contributed by atoms with E-state index in [4.69, 9.17) is 5.73 Å². The Hall–Kier alpha value is -4.27. The van der Waals surface area contributed by atoms with E-state index in [0.717, 1.165) is 55.3 Å². The number of carbonyl (C=O) groups is 2. The van der Waals surface area contributed by atoms with Crippen molar-refractivity contribution in [3.8, 4) is 0 Å². The molecule has 0 radical (unpaired) electrons. The summed E-state index contributed by atoms with van der Waals surface area (Å²) >= 11 is 0. The number of hydrazone groups is 2. The molecule has 0 spiro atoms. The summed E-state index contributed by atoms with van der Waals surface area (Å²) in [5, 5.41) is 12.7. The quantitative estimate of drug-likeness (QED) is 0.155. The zero-order valence-electron chi connectivity index (χ0n) is 24.8. The van der Waals surface area contributed by atoms with Gasteiger partial charge in [-0.15, -0.1) is 0 Å². The van der Waals surface area contributed by atoms with E-state index >= 15 is 0 Å². The SMILES string of the molecule is C/C=C\C(=C/C1=CC=C(C(=O)N(CCC)CCC)CC(N)=N1)c1ccc(C=O)c(/C=N\N(C)CCN2CCC=N2)c1. The first-order valence-electron chi connectivity index (χ1n) is 14.4. The molecule has 2 N–H and O–H groups in total. The van der Waals surface area contributed by atoms with Gasteiger partial charge in [-0.3, -0.25) is 19.6 Å². The molecule has 0 aliphatic carbocycles. The number of aldehydes is 1. The molecule has 1 amide bonds. The Morgan fingerprint density at radius 3 is 2.59 bits per heavy atom. The van der Waals surface area contributed by atoms with Gasteiger partial charge in [-0.2, -0.15) is 10.2 Å².